The van der Waals surface area contributed by atoms with E-state index in [4.69, 9.17) is 9.47 Å². The Hall–Kier alpha value is -1.18. The molecule has 0 aliphatic carbocycles. The first-order valence-corrected chi connectivity index (χ1v) is 6.18. The quantitative estimate of drug-likeness (QED) is 0.783. The molecule has 5 nitrogen and oxygen atoms in total. The van der Waals surface area contributed by atoms with Crippen LogP contribution in [-0.4, -0.2) is 34.9 Å². The van der Waals surface area contributed by atoms with Crippen LogP contribution in [0.25, 0.3) is 0 Å². The molecule has 0 saturated heterocycles. The average Bonchev–Trinajstić information content (AvgIpc) is 2.53. The van der Waals surface area contributed by atoms with Crippen LogP contribution in [0.4, 0.5) is 8.78 Å². The van der Waals surface area contributed by atoms with Gasteiger partial charge in [-0.1, -0.05) is 0 Å². The third-order valence-corrected chi connectivity index (χ3v) is 3.01. The van der Waals surface area contributed by atoms with Crippen molar-refractivity contribution in [2.45, 2.75) is 25.8 Å². The molecule has 18 heavy (non-hydrogen) atoms. The summed E-state index contributed by atoms with van der Waals surface area (Å²) in [5, 5.41) is 3.95. The van der Waals surface area contributed by atoms with Gasteiger partial charge in [0, 0.05) is 6.42 Å². The van der Waals surface area contributed by atoms with Gasteiger partial charge in [0.25, 0.3) is 5.92 Å². The fourth-order valence-electron chi connectivity index (χ4n) is 1.61. The molecule has 0 atom stereocenters. The molecule has 0 saturated carbocycles. The van der Waals surface area contributed by atoms with E-state index in [1.54, 1.807) is 6.92 Å². The Labute approximate surface area is 110 Å². The van der Waals surface area contributed by atoms with Crippen LogP contribution in [0.3, 0.4) is 0 Å². The lowest BCUT2D eigenvalue weighted by Crippen LogP contribution is -2.24. The molecule has 0 bridgehead atoms. The van der Waals surface area contributed by atoms with E-state index < -0.39 is 18.5 Å². The maximum Gasteiger partial charge on any atom is 0.346 e. The second-order valence-corrected chi connectivity index (χ2v) is 4.56. The number of alkyl halides is 2. The first-order valence-electron chi connectivity index (χ1n) is 5.38. The van der Waals surface area contributed by atoms with Crippen molar-refractivity contribution in [3.8, 4) is 5.88 Å². The summed E-state index contributed by atoms with van der Waals surface area (Å²) >= 11 is 3.10. The predicted octanol–water partition coefficient (Wildman–Crippen LogP) is 2.24. The maximum absolute atomic E-state index is 13.2. The van der Waals surface area contributed by atoms with Crippen molar-refractivity contribution >= 4 is 21.9 Å². The van der Waals surface area contributed by atoms with Crippen LogP contribution < -0.4 is 4.74 Å². The first kappa shape index (κ1) is 13.3. The molecule has 1 aromatic heterocycles. The zero-order valence-electron chi connectivity index (χ0n) is 9.58. The van der Waals surface area contributed by atoms with Crippen molar-refractivity contribution in [1.82, 2.24) is 9.78 Å². The number of aryl methyl sites for hydroxylation is 1. The van der Waals surface area contributed by atoms with Crippen molar-refractivity contribution in [2.24, 2.45) is 0 Å². The lowest BCUT2D eigenvalue weighted by molar-refractivity contribution is -0.0429. The number of esters is 1. The molecule has 8 heteroatoms. The van der Waals surface area contributed by atoms with Crippen LogP contribution in [0.5, 0.6) is 5.88 Å². The Morgan fingerprint density at radius 1 is 1.67 bits per heavy atom. The summed E-state index contributed by atoms with van der Waals surface area (Å²) < 4.78 is 37.7. The lowest BCUT2D eigenvalue weighted by atomic mass is 10.2. The third-order valence-electron chi connectivity index (χ3n) is 2.45. The molecule has 0 aromatic carbocycles. The molecule has 2 rings (SSSR count). The van der Waals surface area contributed by atoms with E-state index in [1.165, 1.54) is 4.68 Å². The van der Waals surface area contributed by atoms with Crippen LogP contribution >= 0.6 is 15.9 Å². The van der Waals surface area contributed by atoms with Crippen LogP contribution in [0.2, 0.25) is 0 Å². The van der Waals surface area contributed by atoms with Crippen LogP contribution in [0.15, 0.2) is 4.60 Å². The minimum atomic E-state index is -2.92. The SMILES string of the molecule is CCOC(=O)c1c(Br)nn2c1OCC(F)(F)CC2. The summed E-state index contributed by atoms with van der Waals surface area (Å²) in [4.78, 5) is 11.7. The molecular formula is C10H11BrF2N2O3. The zero-order chi connectivity index (χ0) is 13.3. The summed E-state index contributed by atoms with van der Waals surface area (Å²) in [6.07, 6.45) is -0.379. The Balaban J connectivity index is 2.34. The molecule has 1 aliphatic heterocycles. The standard InChI is InChI=1S/C10H11BrF2N2O3/c1-2-17-9(16)6-7(11)14-15-4-3-10(12,13)5-18-8(6)15/h2-5H2,1H3. The molecule has 1 aliphatic rings. The second kappa shape index (κ2) is 4.83. The fraction of sp³-hybridized carbons (Fsp3) is 0.600. The van der Waals surface area contributed by atoms with E-state index in [2.05, 4.69) is 21.0 Å². The van der Waals surface area contributed by atoms with Crippen LogP contribution in [0.1, 0.15) is 23.7 Å². The number of ether oxygens (including phenoxy) is 2. The van der Waals surface area contributed by atoms with Crippen LogP contribution in [0, 0.1) is 0 Å². The number of carbonyl (C=O) groups excluding carboxylic acids is 1. The number of carbonyl (C=O) groups is 1. The Bertz CT molecular complexity index is 476. The number of hydrogen-bond donors (Lipinski definition) is 0. The van der Waals surface area contributed by atoms with Gasteiger partial charge in [-0.2, -0.15) is 5.10 Å². The summed E-state index contributed by atoms with van der Waals surface area (Å²) in [6.45, 7) is 1.06. The fourth-order valence-corrected chi connectivity index (χ4v) is 2.13. The monoisotopic (exact) mass is 324 g/mol. The Kier molecular flexibility index (Phi) is 3.56. The van der Waals surface area contributed by atoms with E-state index >= 15 is 0 Å². The third kappa shape index (κ3) is 2.47. The van der Waals surface area contributed by atoms with E-state index in [1.807, 2.05) is 0 Å². The van der Waals surface area contributed by atoms with Gasteiger partial charge in [0.05, 0.1) is 13.2 Å². The van der Waals surface area contributed by atoms with Crippen molar-refractivity contribution in [2.75, 3.05) is 13.2 Å². The molecule has 0 radical (unpaired) electrons. The lowest BCUT2D eigenvalue weighted by Gasteiger charge is -2.11. The average molecular weight is 325 g/mol. The summed E-state index contributed by atoms with van der Waals surface area (Å²) in [6, 6.07) is 0. The summed E-state index contributed by atoms with van der Waals surface area (Å²) in [7, 11) is 0. The molecule has 0 fully saturated rings. The molecule has 100 valence electrons. The van der Waals surface area contributed by atoms with E-state index in [0.717, 1.165) is 0 Å². The van der Waals surface area contributed by atoms with Gasteiger partial charge >= 0.3 is 5.97 Å². The second-order valence-electron chi connectivity index (χ2n) is 3.81. The van der Waals surface area contributed by atoms with Crippen molar-refractivity contribution in [3.05, 3.63) is 10.2 Å². The van der Waals surface area contributed by atoms with Gasteiger partial charge in [-0.05, 0) is 22.9 Å². The molecule has 2 heterocycles. The molecule has 0 N–H and O–H groups in total. The number of halogens is 3. The highest BCUT2D eigenvalue weighted by Crippen LogP contribution is 2.33. The van der Waals surface area contributed by atoms with E-state index in [-0.39, 0.29) is 35.6 Å². The summed E-state index contributed by atoms with van der Waals surface area (Å²) in [5.74, 6) is -3.53. The first-order chi connectivity index (χ1) is 8.44. The topological polar surface area (TPSA) is 53.3 Å². The minimum absolute atomic E-state index is 0.0136. The van der Waals surface area contributed by atoms with E-state index in [9.17, 15) is 13.6 Å². The van der Waals surface area contributed by atoms with Crippen molar-refractivity contribution < 1.29 is 23.0 Å². The van der Waals surface area contributed by atoms with Gasteiger partial charge in [0.2, 0.25) is 5.88 Å². The van der Waals surface area contributed by atoms with Gasteiger partial charge in [0.1, 0.15) is 4.60 Å². The van der Waals surface area contributed by atoms with Crippen LogP contribution in [-0.2, 0) is 11.3 Å². The van der Waals surface area contributed by atoms with Gasteiger partial charge in [-0.3, -0.25) is 0 Å². The molecular weight excluding hydrogens is 314 g/mol. The highest BCUT2D eigenvalue weighted by Gasteiger charge is 2.36. The van der Waals surface area contributed by atoms with Gasteiger partial charge in [-0.15, -0.1) is 0 Å². The molecule has 0 unspecified atom stereocenters. The Morgan fingerprint density at radius 2 is 2.39 bits per heavy atom. The van der Waals surface area contributed by atoms with Crippen molar-refractivity contribution in [3.63, 3.8) is 0 Å². The highest BCUT2D eigenvalue weighted by molar-refractivity contribution is 9.10. The largest absolute Gasteiger partial charge is 0.471 e. The molecule has 1 aromatic rings. The number of fused-ring (bicyclic) bond motifs is 1. The van der Waals surface area contributed by atoms with Gasteiger partial charge in [0.15, 0.2) is 12.2 Å². The Morgan fingerprint density at radius 3 is 3.06 bits per heavy atom. The number of aromatic nitrogens is 2. The highest BCUT2D eigenvalue weighted by atomic mass is 79.9. The zero-order valence-corrected chi connectivity index (χ0v) is 11.2. The number of rotatable bonds is 2. The normalized spacial score (nSPS) is 17.6. The van der Waals surface area contributed by atoms with Gasteiger partial charge < -0.3 is 9.47 Å². The molecule has 0 spiro atoms. The van der Waals surface area contributed by atoms with Crippen molar-refractivity contribution in [1.29, 1.82) is 0 Å². The summed E-state index contributed by atoms with van der Waals surface area (Å²) in [5.41, 5.74) is 0.0505. The van der Waals surface area contributed by atoms with E-state index in [0.29, 0.717) is 0 Å². The molecule has 0 amide bonds. The predicted molar refractivity (Wildman–Crippen MR) is 60.9 cm³/mol. The number of nitrogens with zero attached hydrogens (tertiary/aromatic N) is 2. The van der Waals surface area contributed by atoms with Gasteiger partial charge in [-0.25, -0.2) is 18.3 Å². The maximum atomic E-state index is 13.2. The smallest absolute Gasteiger partial charge is 0.346 e. The number of hydrogen-bond acceptors (Lipinski definition) is 4. The minimum Gasteiger partial charge on any atom is -0.471 e.